The van der Waals surface area contributed by atoms with Gasteiger partial charge in [0.1, 0.15) is 17.3 Å². The summed E-state index contributed by atoms with van der Waals surface area (Å²) in [6, 6.07) is 2.02. The highest BCUT2D eigenvalue weighted by molar-refractivity contribution is 5.88. The zero-order valence-electron chi connectivity index (χ0n) is 6.87. The number of aldehydes is 1. The fraction of sp³-hybridized carbons (Fsp3) is 0.125. The standard InChI is InChI=1S/C8H7FN2O2/c1-5(13)10-8-3-6(9)2-7(4-12)11-8/h2-4H,1H3,(H,10,11,13). The molecule has 0 atom stereocenters. The Kier molecular flexibility index (Phi) is 2.69. The van der Waals surface area contributed by atoms with Gasteiger partial charge in [-0.15, -0.1) is 0 Å². The second kappa shape index (κ2) is 3.75. The number of carbonyl (C=O) groups excluding carboxylic acids is 2. The number of pyridine rings is 1. The van der Waals surface area contributed by atoms with E-state index in [1.165, 1.54) is 6.92 Å². The van der Waals surface area contributed by atoms with E-state index in [4.69, 9.17) is 0 Å². The lowest BCUT2D eigenvalue weighted by molar-refractivity contribution is -0.114. The first-order valence-electron chi connectivity index (χ1n) is 3.52. The summed E-state index contributed by atoms with van der Waals surface area (Å²) in [5, 5.41) is 2.27. The average Bonchev–Trinajstić information content (AvgIpc) is 2.01. The van der Waals surface area contributed by atoms with Crippen LogP contribution in [-0.4, -0.2) is 17.2 Å². The van der Waals surface area contributed by atoms with E-state index in [1.54, 1.807) is 0 Å². The van der Waals surface area contributed by atoms with Gasteiger partial charge in [-0.3, -0.25) is 9.59 Å². The molecule has 0 saturated heterocycles. The van der Waals surface area contributed by atoms with Gasteiger partial charge in [-0.1, -0.05) is 0 Å². The summed E-state index contributed by atoms with van der Waals surface area (Å²) < 4.78 is 12.7. The fourth-order valence-corrected chi connectivity index (χ4v) is 0.822. The Morgan fingerprint density at radius 2 is 2.31 bits per heavy atom. The third-order valence-electron chi connectivity index (χ3n) is 1.23. The largest absolute Gasteiger partial charge is 0.311 e. The van der Waals surface area contributed by atoms with Gasteiger partial charge in [-0.25, -0.2) is 9.37 Å². The third-order valence-corrected chi connectivity index (χ3v) is 1.23. The molecule has 0 fully saturated rings. The smallest absolute Gasteiger partial charge is 0.222 e. The van der Waals surface area contributed by atoms with Crippen LogP contribution in [0, 0.1) is 5.82 Å². The van der Waals surface area contributed by atoms with Crippen LogP contribution >= 0.6 is 0 Å². The van der Waals surface area contributed by atoms with Gasteiger partial charge in [-0.2, -0.15) is 0 Å². The Morgan fingerprint density at radius 3 is 2.85 bits per heavy atom. The Morgan fingerprint density at radius 1 is 1.62 bits per heavy atom. The van der Waals surface area contributed by atoms with E-state index in [0.29, 0.717) is 6.29 Å². The molecule has 13 heavy (non-hydrogen) atoms. The fourth-order valence-electron chi connectivity index (χ4n) is 0.822. The minimum Gasteiger partial charge on any atom is -0.311 e. The minimum absolute atomic E-state index is 0.0367. The van der Waals surface area contributed by atoms with Gasteiger partial charge in [0.05, 0.1) is 0 Å². The minimum atomic E-state index is -0.610. The van der Waals surface area contributed by atoms with Crippen LogP contribution in [0.15, 0.2) is 12.1 Å². The molecular weight excluding hydrogens is 175 g/mol. The SMILES string of the molecule is CC(=O)Nc1cc(F)cc(C=O)n1. The number of halogens is 1. The summed E-state index contributed by atoms with van der Waals surface area (Å²) in [6.07, 6.45) is 0.411. The summed E-state index contributed by atoms with van der Waals surface area (Å²) in [4.78, 5) is 24.5. The molecule has 68 valence electrons. The number of carbonyl (C=O) groups is 2. The highest BCUT2D eigenvalue weighted by Gasteiger charge is 2.02. The Balaban J connectivity index is 3.01. The third kappa shape index (κ3) is 2.62. The molecular formula is C8H7FN2O2. The molecule has 0 radical (unpaired) electrons. The van der Waals surface area contributed by atoms with Crippen LogP contribution in [0.3, 0.4) is 0 Å². The van der Waals surface area contributed by atoms with Crippen LogP contribution in [0.5, 0.6) is 0 Å². The number of nitrogens with zero attached hydrogens (tertiary/aromatic N) is 1. The summed E-state index contributed by atoms with van der Waals surface area (Å²) >= 11 is 0. The Bertz CT molecular complexity index is 352. The summed E-state index contributed by atoms with van der Waals surface area (Å²) in [5.41, 5.74) is -0.0521. The van der Waals surface area contributed by atoms with Gasteiger partial charge in [0.2, 0.25) is 5.91 Å². The lowest BCUT2D eigenvalue weighted by Crippen LogP contribution is -2.08. The van der Waals surface area contributed by atoms with Gasteiger partial charge >= 0.3 is 0 Å². The maximum Gasteiger partial charge on any atom is 0.222 e. The number of anilines is 1. The molecule has 1 aromatic rings. The van der Waals surface area contributed by atoms with E-state index in [-0.39, 0.29) is 17.4 Å². The zero-order valence-corrected chi connectivity index (χ0v) is 6.87. The van der Waals surface area contributed by atoms with Crippen molar-refractivity contribution in [3.05, 3.63) is 23.6 Å². The van der Waals surface area contributed by atoms with Crippen LogP contribution in [-0.2, 0) is 4.79 Å². The van der Waals surface area contributed by atoms with Crippen LogP contribution in [0.25, 0.3) is 0 Å². The van der Waals surface area contributed by atoms with Gasteiger partial charge < -0.3 is 5.32 Å². The number of aromatic nitrogens is 1. The molecule has 1 rings (SSSR count). The second-order valence-corrected chi connectivity index (χ2v) is 2.39. The lowest BCUT2D eigenvalue weighted by atomic mass is 10.3. The van der Waals surface area contributed by atoms with Crippen molar-refractivity contribution in [3.8, 4) is 0 Å². The molecule has 1 heterocycles. The highest BCUT2D eigenvalue weighted by atomic mass is 19.1. The van der Waals surface area contributed by atoms with Crippen molar-refractivity contribution < 1.29 is 14.0 Å². The predicted octanol–water partition coefficient (Wildman–Crippen LogP) is 0.992. The topological polar surface area (TPSA) is 59.1 Å². The number of hydrogen-bond donors (Lipinski definition) is 1. The van der Waals surface area contributed by atoms with E-state index in [0.717, 1.165) is 12.1 Å². The first-order valence-corrected chi connectivity index (χ1v) is 3.52. The first kappa shape index (κ1) is 9.31. The molecule has 0 spiro atoms. The van der Waals surface area contributed by atoms with Crippen molar-refractivity contribution >= 4 is 18.0 Å². The van der Waals surface area contributed by atoms with Crippen molar-refractivity contribution in [3.63, 3.8) is 0 Å². The quantitative estimate of drug-likeness (QED) is 0.694. The van der Waals surface area contributed by atoms with Crippen LogP contribution < -0.4 is 5.32 Å². The number of amides is 1. The summed E-state index contributed by atoms with van der Waals surface area (Å²) in [6.45, 7) is 1.27. The molecule has 0 unspecified atom stereocenters. The van der Waals surface area contributed by atoms with Crippen molar-refractivity contribution in [2.45, 2.75) is 6.92 Å². The molecule has 4 nitrogen and oxygen atoms in total. The van der Waals surface area contributed by atoms with Crippen molar-refractivity contribution in [2.24, 2.45) is 0 Å². The summed E-state index contributed by atoms with van der Waals surface area (Å²) in [7, 11) is 0. The Labute approximate surface area is 73.8 Å². The molecule has 0 aliphatic heterocycles. The van der Waals surface area contributed by atoms with Gasteiger partial charge in [0.15, 0.2) is 6.29 Å². The second-order valence-electron chi connectivity index (χ2n) is 2.39. The maximum atomic E-state index is 12.7. The van der Waals surface area contributed by atoms with Crippen LogP contribution in [0.2, 0.25) is 0 Å². The number of hydrogen-bond acceptors (Lipinski definition) is 3. The molecule has 0 bridgehead atoms. The van der Waals surface area contributed by atoms with Gasteiger partial charge in [0.25, 0.3) is 0 Å². The van der Waals surface area contributed by atoms with E-state index in [9.17, 15) is 14.0 Å². The van der Waals surface area contributed by atoms with Crippen molar-refractivity contribution in [1.82, 2.24) is 4.98 Å². The molecule has 1 amide bonds. The molecule has 0 aliphatic carbocycles. The van der Waals surface area contributed by atoms with Gasteiger partial charge in [-0.05, 0) is 0 Å². The summed E-state index contributed by atoms with van der Waals surface area (Å²) in [5.74, 6) is -0.939. The predicted molar refractivity (Wildman–Crippen MR) is 43.9 cm³/mol. The van der Waals surface area contributed by atoms with E-state index in [1.807, 2.05) is 0 Å². The van der Waals surface area contributed by atoms with Crippen LogP contribution in [0.1, 0.15) is 17.4 Å². The molecule has 1 aromatic heterocycles. The van der Waals surface area contributed by atoms with Crippen LogP contribution in [0.4, 0.5) is 10.2 Å². The zero-order chi connectivity index (χ0) is 9.84. The van der Waals surface area contributed by atoms with E-state index in [2.05, 4.69) is 10.3 Å². The highest BCUT2D eigenvalue weighted by Crippen LogP contribution is 2.07. The van der Waals surface area contributed by atoms with Crippen molar-refractivity contribution in [2.75, 3.05) is 5.32 Å². The van der Waals surface area contributed by atoms with Gasteiger partial charge in [0, 0.05) is 19.1 Å². The van der Waals surface area contributed by atoms with Crippen molar-refractivity contribution in [1.29, 1.82) is 0 Å². The molecule has 5 heteroatoms. The number of nitrogens with one attached hydrogen (secondary N) is 1. The monoisotopic (exact) mass is 182 g/mol. The lowest BCUT2D eigenvalue weighted by Gasteiger charge is -2.00. The first-order chi connectivity index (χ1) is 6.11. The molecule has 0 aromatic carbocycles. The average molecular weight is 182 g/mol. The molecule has 0 aliphatic rings. The molecule has 0 saturated carbocycles. The van der Waals surface area contributed by atoms with E-state index < -0.39 is 5.82 Å². The van der Waals surface area contributed by atoms with E-state index >= 15 is 0 Å². The normalized spacial score (nSPS) is 9.38. The molecule has 1 N–H and O–H groups in total. The maximum absolute atomic E-state index is 12.7. The Hall–Kier alpha value is -1.78. The number of rotatable bonds is 2.